The van der Waals surface area contributed by atoms with Crippen LogP contribution in [0, 0.1) is 0 Å². The Bertz CT molecular complexity index is 117. The molecule has 0 spiro atoms. The smallest absolute Gasteiger partial charge is 0.0910 e. The molecule has 3 N–H and O–H groups in total. The molecule has 2 unspecified atom stereocenters. The van der Waals surface area contributed by atoms with Crippen LogP contribution in [0.2, 0.25) is 0 Å². The van der Waals surface area contributed by atoms with E-state index in [0.29, 0.717) is 19.1 Å². The fraction of sp³-hybridized carbons (Fsp3) is 1.00. The normalized spacial score (nSPS) is 42.6. The highest BCUT2D eigenvalue weighted by Gasteiger charge is 2.37. The molecule has 0 radical (unpaired) electrons. The van der Waals surface area contributed by atoms with Crippen LogP contribution in [0.15, 0.2) is 0 Å². The average molecular weight is 144 g/mol. The predicted octanol–water partition coefficient (Wildman–Crippen LogP) is -0.600. The van der Waals surface area contributed by atoms with Gasteiger partial charge in [0.1, 0.15) is 0 Å². The van der Waals surface area contributed by atoms with Gasteiger partial charge in [-0.15, -0.1) is 0 Å². The zero-order valence-electron chi connectivity index (χ0n) is 6.67. The molecule has 1 fully saturated rings. The van der Waals surface area contributed by atoms with Crippen LogP contribution in [0.5, 0.6) is 0 Å². The maximum atomic E-state index is 9.67. The molecule has 0 aliphatic carbocycles. The highest BCUT2D eigenvalue weighted by atomic mass is 16.3. The molecule has 1 aliphatic heterocycles. The Morgan fingerprint density at radius 1 is 1.80 bits per heavy atom. The summed E-state index contributed by atoms with van der Waals surface area (Å²) in [6.45, 7) is 3.19. The van der Waals surface area contributed by atoms with Crippen molar-refractivity contribution in [3.8, 4) is 0 Å². The molecule has 60 valence electrons. The third-order valence-corrected chi connectivity index (χ3v) is 2.35. The van der Waals surface area contributed by atoms with E-state index in [1.54, 1.807) is 0 Å². The van der Waals surface area contributed by atoms with Crippen LogP contribution in [0.25, 0.3) is 0 Å². The van der Waals surface area contributed by atoms with Crippen molar-refractivity contribution in [1.29, 1.82) is 0 Å². The van der Waals surface area contributed by atoms with Crippen molar-refractivity contribution < 1.29 is 5.11 Å². The summed E-state index contributed by atoms with van der Waals surface area (Å²) in [7, 11) is 2.01. The van der Waals surface area contributed by atoms with Gasteiger partial charge in [-0.05, 0) is 20.4 Å². The quantitative estimate of drug-likeness (QED) is 0.516. The molecule has 0 aromatic heterocycles. The zero-order valence-corrected chi connectivity index (χ0v) is 6.67. The molecule has 1 rings (SSSR count). The highest BCUT2D eigenvalue weighted by Crippen LogP contribution is 2.23. The van der Waals surface area contributed by atoms with Crippen molar-refractivity contribution in [3.05, 3.63) is 0 Å². The van der Waals surface area contributed by atoms with E-state index in [2.05, 4.69) is 11.8 Å². The summed E-state index contributed by atoms with van der Waals surface area (Å²) < 4.78 is 0. The van der Waals surface area contributed by atoms with Crippen molar-refractivity contribution in [3.63, 3.8) is 0 Å². The summed E-state index contributed by atoms with van der Waals surface area (Å²) >= 11 is 0. The average Bonchev–Trinajstić information content (AvgIpc) is 2.10. The molecule has 0 amide bonds. The minimum Gasteiger partial charge on any atom is -0.387 e. The van der Waals surface area contributed by atoms with Crippen molar-refractivity contribution in [2.75, 3.05) is 20.1 Å². The topological polar surface area (TPSA) is 49.5 Å². The van der Waals surface area contributed by atoms with E-state index in [0.717, 1.165) is 6.42 Å². The van der Waals surface area contributed by atoms with Crippen LogP contribution in [-0.4, -0.2) is 41.8 Å². The number of hydrogen-bond acceptors (Lipinski definition) is 3. The number of likely N-dealkylation sites (N-methyl/N-ethyl adjacent to an activating group) is 1. The predicted molar refractivity (Wildman–Crippen MR) is 40.7 cm³/mol. The minimum atomic E-state index is -0.617. The van der Waals surface area contributed by atoms with Crippen LogP contribution >= 0.6 is 0 Å². The molecule has 2 atom stereocenters. The molecular formula is C7H16N2O. The van der Waals surface area contributed by atoms with Gasteiger partial charge in [-0.25, -0.2) is 0 Å². The van der Waals surface area contributed by atoms with Crippen molar-refractivity contribution >= 4 is 0 Å². The number of nitrogens with zero attached hydrogens (tertiary/aromatic N) is 1. The first-order valence-corrected chi connectivity index (χ1v) is 3.70. The van der Waals surface area contributed by atoms with Gasteiger partial charge in [0.05, 0.1) is 5.60 Å². The Kier molecular flexibility index (Phi) is 1.99. The molecular weight excluding hydrogens is 128 g/mol. The molecule has 0 saturated carbocycles. The van der Waals surface area contributed by atoms with E-state index in [-0.39, 0.29) is 0 Å². The minimum absolute atomic E-state index is 0.377. The number of hydrogen-bond donors (Lipinski definition) is 2. The number of nitrogens with two attached hydrogens (primary N) is 1. The first-order valence-electron chi connectivity index (χ1n) is 3.70. The number of rotatable bonds is 1. The van der Waals surface area contributed by atoms with Crippen LogP contribution in [0.4, 0.5) is 0 Å². The molecule has 3 nitrogen and oxygen atoms in total. The van der Waals surface area contributed by atoms with E-state index < -0.39 is 5.60 Å². The molecule has 0 bridgehead atoms. The summed E-state index contributed by atoms with van der Waals surface area (Å²) in [5, 5.41) is 9.67. The molecule has 0 aromatic rings. The van der Waals surface area contributed by atoms with E-state index in [4.69, 9.17) is 5.73 Å². The monoisotopic (exact) mass is 144 g/mol. The Morgan fingerprint density at radius 3 is 2.60 bits per heavy atom. The lowest BCUT2D eigenvalue weighted by molar-refractivity contribution is 0.0607. The number of β-amino-alcohol motifs (C(OH)–C–C–N with tert-alkyl or cyclic N) is 1. The Hall–Kier alpha value is -0.120. The lowest BCUT2D eigenvalue weighted by atomic mass is 10.0. The van der Waals surface area contributed by atoms with E-state index in [1.165, 1.54) is 0 Å². The first kappa shape index (κ1) is 7.98. The fourth-order valence-electron chi connectivity index (χ4n) is 1.54. The lowest BCUT2D eigenvalue weighted by Gasteiger charge is -2.18. The van der Waals surface area contributed by atoms with Crippen LogP contribution in [-0.2, 0) is 0 Å². The van der Waals surface area contributed by atoms with Crippen molar-refractivity contribution in [2.24, 2.45) is 5.73 Å². The first-order chi connectivity index (χ1) is 4.57. The maximum Gasteiger partial charge on any atom is 0.0910 e. The van der Waals surface area contributed by atoms with E-state index in [9.17, 15) is 5.11 Å². The van der Waals surface area contributed by atoms with Gasteiger partial charge in [0.25, 0.3) is 0 Å². The Morgan fingerprint density at radius 2 is 2.40 bits per heavy atom. The lowest BCUT2D eigenvalue weighted by Crippen LogP contribution is -2.39. The molecule has 1 heterocycles. The van der Waals surface area contributed by atoms with Crippen molar-refractivity contribution in [1.82, 2.24) is 4.90 Å². The maximum absolute atomic E-state index is 9.67. The van der Waals surface area contributed by atoms with E-state index >= 15 is 0 Å². The Labute approximate surface area is 61.8 Å². The molecule has 0 aromatic carbocycles. The fourth-order valence-corrected chi connectivity index (χ4v) is 1.54. The summed E-state index contributed by atoms with van der Waals surface area (Å²) in [5.41, 5.74) is 4.80. The van der Waals surface area contributed by atoms with Crippen LogP contribution in [0.3, 0.4) is 0 Å². The zero-order chi connectivity index (χ0) is 7.78. The van der Waals surface area contributed by atoms with Gasteiger partial charge in [-0.1, -0.05) is 0 Å². The highest BCUT2D eigenvalue weighted by molar-refractivity contribution is 4.93. The van der Waals surface area contributed by atoms with Crippen LogP contribution < -0.4 is 5.73 Å². The SMILES string of the molecule is CC1CC(O)(CN)CN1C. The number of likely N-dealkylation sites (tertiary alicyclic amines) is 1. The van der Waals surface area contributed by atoms with Gasteiger partial charge in [-0.3, -0.25) is 0 Å². The molecule has 10 heavy (non-hydrogen) atoms. The summed E-state index contributed by atoms with van der Waals surface area (Å²) in [5.74, 6) is 0. The van der Waals surface area contributed by atoms with Crippen LogP contribution in [0.1, 0.15) is 13.3 Å². The summed E-state index contributed by atoms with van der Waals surface area (Å²) in [6.07, 6.45) is 0.806. The molecule has 1 aliphatic rings. The van der Waals surface area contributed by atoms with Gasteiger partial charge in [0, 0.05) is 19.1 Å². The van der Waals surface area contributed by atoms with Gasteiger partial charge in [0.15, 0.2) is 0 Å². The summed E-state index contributed by atoms with van der Waals surface area (Å²) in [4.78, 5) is 2.13. The Balaban J connectivity index is 2.55. The third-order valence-electron chi connectivity index (χ3n) is 2.35. The van der Waals surface area contributed by atoms with Crippen molar-refractivity contribution in [2.45, 2.75) is 25.0 Å². The second-order valence-electron chi connectivity index (χ2n) is 3.40. The second kappa shape index (κ2) is 2.49. The van der Waals surface area contributed by atoms with Gasteiger partial charge in [0.2, 0.25) is 0 Å². The molecule has 1 saturated heterocycles. The van der Waals surface area contributed by atoms with Gasteiger partial charge < -0.3 is 15.7 Å². The molecule has 3 heteroatoms. The van der Waals surface area contributed by atoms with E-state index in [1.807, 2.05) is 7.05 Å². The van der Waals surface area contributed by atoms with Gasteiger partial charge >= 0.3 is 0 Å². The number of aliphatic hydroxyl groups is 1. The summed E-state index contributed by atoms with van der Waals surface area (Å²) in [6, 6.07) is 0.466. The second-order valence-corrected chi connectivity index (χ2v) is 3.40. The third kappa shape index (κ3) is 1.31. The van der Waals surface area contributed by atoms with Gasteiger partial charge in [-0.2, -0.15) is 0 Å². The largest absolute Gasteiger partial charge is 0.387 e. The standard InChI is InChI=1S/C7H16N2O/c1-6-3-7(10,4-8)5-9(6)2/h6,10H,3-5,8H2,1-2H3.